The van der Waals surface area contributed by atoms with Crippen molar-refractivity contribution in [3.8, 4) is 5.75 Å². The number of nitrogens with zero attached hydrogens (tertiary/aromatic N) is 3. The maximum atomic E-state index is 12.7. The summed E-state index contributed by atoms with van der Waals surface area (Å²) in [5.74, 6) is 1.94. The van der Waals surface area contributed by atoms with Gasteiger partial charge in [-0.15, -0.1) is 0 Å². The van der Waals surface area contributed by atoms with Gasteiger partial charge in [0, 0.05) is 26.7 Å². The van der Waals surface area contributed by atoms with E-state index in [4.69, 9.17) is 9.72 Å². The number of para-hydroxylation sites is 2. The maximum absolute atomic E-state index is 12.7. The highest BCUT2D eigenvalue weighted by molar-refractivity contribution is 5.81. The van der Waals surface area contributed by atoms with Crippen LogP contribution >= 0.6 is 0 Å². The normalized spacial score (nSPS) is 16.8. The van der Waals surface area contributed by atoms with E-state index in [-0.39, 0.29) is 11.8 Å². The molecule has 1 aliphatic heterocycles. The molecule has 4 rings (SSSR count). The van der Waals surface area contributed by atoms with Crippen LogP contribution in [-0.2, 0) is 18.3 Å². The summed E-state index contributed by atoms with van der Waals surface area (Å²) in [5, 5.41) is 3.12. The number of nitrogens with one attached hydrogen (secondary N) is 1. The van der Waals surface area contributed by atoms with E-state index in [0.717, 1.165) is 48.5 Å². The lowest BCUT2D eigenvalue weighted by atomic mass is 9.97. The SMILES string of the molecule is COc1ccc(CCNC(=O)C2CCCN(c3nc4ccccc4n3C)C2)cc1. The molecule has 1 fully saturated rings. The minimum atomic E-state index is -0.000528. The van der Waals surface area contributed by atoms with Crippen LogP contribution in [0.5, 0.6) is 5.75 Å². The average molecular weight is 393 g/mol. The van der Waals surface area contributed by atoms with Gasteiger partial charge in [0.1, 0.15) is 5.75 Å². The number of fused-ring (bicyclic) bond motifs is 1. The van der Waals surface area contributed by atoms with E-state index in [1.54, 1.807) is 7.11 Å². The van der Waals surface area contributed by atoms with Crippen LogP contribution in [0.3, 0.4) is 0 Å². The van der Waals surface area contributed by atoms with Crippen LogP contribution in [0.4, 0.5) is 5.95 Å². The molecule has 1 aromatic heterocycles. The molecule has 6 nitrogen and oxygen atoms in total. The van der Waals surface area contributed by atoms with Gasteiger partial charge in [0.2, 0.25) is 11.9 Å². The summed E-state index contributed by atoms with van der Waals surface area (Å²) >= 11 is 0. The minimum absolute atomic E-state index is 0.000528. The molecule has 1 amide bonds. The number of benzene rings is 2. The van der Waals surface area contributed by atoms with Crippen molar-refractivity contribution in [1.29, 1.82) is 0 Å². The standard InChI is InChI=1S/C23H28N4O2/c1-26-21-8-4-3-7-20(21)25-23(26)27-15-5-6-18(16-27)22(28)24-14-13-17-9-11-19(29-2)12-10-17/h3-4,7-12,18H,5-6,13-16H2,1-2H3,(H,24,28). The first-order valence-electron chi connectivity index (χ1n) is 10.2. The number of amides is 1. The fourth-order valence-corrected chi connectivity index (χ4v) is 4.06. The number of piperidine rings is 1. The third kappa shape index (κ3) is 4.21. The molecular formula is C23H28N4O2. The first-order chi connectivity index (χ1) is 14.2. The summed E-state index contributed by atoms with van der Waals surface area (Å²) in [6.45, 7) is 2.30. The summed E-state index contributed by atoms with van der Waals surface area (Å²) in [6.07, 6.45) is 2.74. The number of carbonyl (C=O) groups is 1. The van der Waals surface area contributed by atoms with Crippen LogP contribution in [0.2, 0.25) is 0 Å². The fourth-order valence-electron chi connectivity index (χ4n) is 4.06. The smallest absolute Gasteiger partial charge is 0.224 e. The Morgan fingerprint density at radius 1 is 1.21 bits per heavy atom. The van der Waals surface area contributed by atoms with Crippen LogP contribution in [0, 0.1) is 5.92 Å². The molecule has 0 bridgehead atoms. The molecule has 29 heavy (non-hydrogen) atoms. The lowest BCUT2D eigenvalue weighted by Crippen LogP contribution is -2.44. The lowest BCUT2D eigenvalue weighted by molar-refractivity contribution is -0.125. The predicted octanol–water partition coefficient (Wildman–Crippen LogP) is 3.16. The number of hydrogen-bond acceptors (Lipinski definition) is 4. The summed E-state index contributed by atoms with van der Waals surface area (Å²) in [6, 6.07) is 16.1. The molecule has 0 radical (unpaired) electrons. The molecular weight excluding hydrogens is 364 g/mol. The molecule has 0 spiro atoms. The summed E-state index contributed by atoms with van der Waals surface area (Å²) in [7, 11) is 3.71. The second kappa shape index (κ2) is 8.55. The molecule has 1 aliphatic rings. The van der Waals surface area contributed by atoms with E-state index in [0.29, 0.717) is 13.1 Å². The summed E-state index contributed by atoms with van der Waals surface area (Å²) in [5.41, 5.74) is 3.31. The molecule has 6 heteroatoms. The number of aryl methyl sites for hydroxylation is 1. The van der Waals surface area contributed by atoms with E-state index in [2.05, 4.69) is 20.9 Å². The van der Waals surface area contributed by atoms with Gasteiger partial charge in [0.05, 0.1) is 24.1 Å². The van der Waals surface area contributed by atoms with Crippen molar-refractivity contribution in [2.75, 3.05) is 31.6 Å². The van der Waals surface area contributed by atoms with Crippen molar-refractivity contribution in [2.24, 2.45) is 13.0 Å². The Kier molecular flexibility index (Phi) is 5.69. The number of imidazole rings is 1. The van der Waals surface area contributed by atoms with Gasteiger partial charge in [-0.1, -0.05) is 24.3 Å². The van der Waals surface area contributed by atoms with Crippen LogP contribution in [0.25, 0.3) is 11.0 Å². The van der Waals surface area contributed by atoms with Gasteiger partial charge in [0.15, 0.2) is 0 Å². The Labute approximate surface area is 171 Å². The number of anilines is 1. The molecule has 1 N–H and O–H groups in total. The number of aromatic nitrogens is 2. The van der Waals surface area contributed by atoms with Gasteiger partial charge in [-0.3, -0.25) is 4.79 Å². The van der Waals surface area contributed by atoms with Crippen LogP contribution in [0.15, 0.2) is 48.5 Å². The predicted molar refractivity (Wildman–Crippen MR) is 115 cm³/mol. The van der Waals surface area contributed by atoms with Crippen molar-refractivity contribution < 1.29 is 9.53 Å². The quantitative estimate of drug-likeness (QED) is 0.700. The highest BCUT2D eigenvalue weighted by atomic mass is 16.5. The number of methoxy groups -OCH3 is 1. The van der Waals surface area contributed by atoms with Crippen molar-refractivity contribution >= 4 is 22.9 Å². The Morgan fingerprint density at radius 3 is 2.76 bits per heavy atom. The van der Waals surface area contributed by atoms with E-state index < -0.39 is 0 Å². The van der Waals surface area contributed by atoms with Crippen molar-refractivity contribution in [2.45, 2.75) is 19.3 Å². The van der Waals surface area contributed by atoms with Crippen LogP contribution in [0.1, 0.15) is 18.4 Å². The first-order valence-corrected chi connectivity index (χ1v) is 10.2. The average Bonchev–Trinajstić information content (AvgIpc) is 3.11. The maximum Gasteiger partial charge on any atom is 0.224 e. The van der Waals surface area contributed by atoms with E-state index in [1.807, 2.05) is 49.5 Å². The van der Waals surface area contributed by atoms with Gasteiger partial charge in [-0.05, 0) is 49.1 Å². The van der Waals surface area contributed by atoms with Crippen LogP contribution < -0.4 is 15.0 Å². The molecule has 3 aromatic rings. The van der Waals surface area contributed by atoms with E-state index in [9.17, 15) is 4.79 Å². The third-order valence-electron chi connectivity index (χ3n) is 5.71. The topological polar surface area (TPSA) is 59.4 Å². The van der Waals surface area contributed by atoms with Gasteiger partial charge < -0.3 is 19.5 Å². The van der Waals surface area contributed by atoms with Crippen molar-refractivity contribution in [3.63, 3.8) is 0 Å². The molecule has 1 atom stereocenters. The van der Waals surface area contributed by atoms with Crippen molar-refractivity contribution in [1.82, 2.24) is 14.9 Å². The van der Waals surface area contributed by atoms with Crippen LogP contribution in [-0.4, -0.2) is 42.2 Å². The minimum Gasteiger partial charge on any atom is -0.497 e. The van der Waals surface area contributed by atoms with Gasteiger partial charge >= 0.3 is 0 Å². The number of ether oxygens (including phenoxy) is 1. The fraction of sp³-hybridized carbons (Fsp3) is 0.391. The second-order valence-corrected chi connectivity index (χ2v) is 7.63. The molecule has 1 unspecified atom stereocenters. The van der Waals surface area contributed by atoms with E-state index in [1.165, 1.54) is 5.56 Å². The molecule has 152 valence electrons. The van der Waals surface area contributed by atoms with Gasteiger partial charge in [0.25, 0.3) is 0 Å². The number of hydrogen-bond donors (Lipinski definition) is 1. The number of rotatable bonds is 6. The summed E-state index contributed by atoms with van der Waals surface area (Å²) in [4.78, 5) is 19.8. The molecule has 0 saturated carbocycles. The summed E-state index contributed by atoms with van der Waals surface area (Å²) < 4.78 is 7.31. The Hall–Kier alpha value is -3.02. The molecule has 0 aliphatic carbocycles. The Morgan fingerprint density at radius 2 is 2.00 bits per heavy atom. The van der Waals surface area contributed by atoms with Crippen molar-refractivity contribution in [3.05, 3.63) is 54.1 Å². The molecule has 1 saturated heterocycles. The third-order valence-corrected chi connectivity index (χ3v) is 5.71. The largest absolute Gasteiger partial charge is 0.497 e. The lowest BCUT2D eigenvalue weighted by Gasteiger charge is -2.32. The zero-order valence-electron chi connectivity index (χ0n) is 17.1. The highest BCUT2D eigenvalue weighted by Crippen LogP contribution is 2.26. The monoisotopic (exact) mass is 392 g/mol. The Balaban J connectivity index is 1.34. The number of carbonyl (C=O) groups excluding carboxylic acids is 1. The Bertz CT molecular complexity index is 980. The first kappa shape index (κ1) is 19.3. The zero-order valence-corrected chi connectivity index (χ0v) is 17.1. The highest BCUT2D eigenvalue weighted by Gasteiger charge is 2.28. The second-order valence-electron chi connectivity index (χ2n) is 7.63. The van der Waals surface area contributed by atoms with Gasteiger partial charge in [-0.25, -0.2) is 4.98 Å². The zero-order chi connectivity index (χ0) is 20.2. The van der Waals surface area contributed by atoms with E-state index >= 15 is 0 Å². The molecule has 2 aromatic carbocycles. The molecule has 2 heterocycles. The van der Waals surface area contributed by atoms with Gasteiger partial charge in [-0.2, -0.15) is 0 Å².